The fraction of sp³-hybridized carbons (Fsp3) is 0.0714. The maximum atomic E-state index is 5.19. The highest BCUT2D eigenvalue weighted by Crippen LogP contribution is 1.99. The third kappa shape index (κ3) is 4.09. The van der Waals surface area contributed by atoms with Crippen molar-refractivity contribution < 1.29 is 4.84 Å². The molecule has 2 rings (SSSR count). The first-order chi connectivity index (χ1) is 8.45. The zero-order valence-electron chi connectivity index (χ0n) is 9.41. The molecule has 17 heavy (non-hydrogen) atoms. The molecule has 0 aromatic heterocycles. The smallest absolute Gasteiger partial charge is 0.101 e. The van der Waals surface area contributed by atoms with Crippen molar-refractivity contribution in [2.24, 2.45) is 5.10 Å². The minimum atomic E-state index is 0.493. The van der Waals surface area contributed by atoms with Gasteiger partial charge in [0.2, 0.25) is 0 Å². The Labute approximate surface area is 101 Å². The second-order valence-electron chi connectivity index (χ2n) is 3.53. The van der Waals surface area contributed by atoms with Crippen molar-refractivity contribution in [1.29, 1.82) is 0 Å². The van der Waals surface area contributed by atoms with Gasteiger partial charge in [-0.2, -0.15) is 10.7 Å². The Morgan fingerprint density at radius 1 is 0.941 bits per heavy atom. The summed E-state index contributed by atoms with van der Waals surface area (Å²) >= 11 is 0. The minimum absolute atomic E-state index is 0.493. The first kappa shape index (κ1) is 11.4. The standard InChI is InChI=1S/C14H14N2O/c1-3-7-13(8-4-1)11-15-16-17-12-14-9-5-2-6-10-14/h1-11,16H,12H2/b15-11+. The van der Waals surface area contributed by atoms with E-state index in [-0.39, 0.29) is 0 Å². The minimum Gasteiger partial charge on any atom is -0.254 e. The summed E-state index contributed by atoms with van der Waals surface area (Å²) in [6, 6.07) is 19.8. The molecule has 0 atom stereocenters. The van der Waals surface area contributed by atoms with Crippen molar-refractivity contribution in [3.8, 4) is 0 Å². The second kappa shape index (κ2) is 6.45. The Morgan fingerprint density at radius 3 is 2.29 bits per heavy atom. The number of hydrogen-bond acceptors (Lipinski definition) is 3. The maximum absolute atomic E-state index is 5.19. The molecule has 3 nitrogen and oxygen atoms in total. The second-order valence-corrected chi connectivity index (χ2v) is 3.53. The summed E-state index contributed by atoms with van der Waals surface area (Å²) in [5.74, 6) is 0. The summed E-state index contributed by atoms with van der Waals surface area (Å²) in [6.07, 6.45) is 1.71. The van der Waals surface area contributed by atoms with Crippen molar-refractivity contribution in [1.82, 2.24) is 5.59 Å². The van der Waals surface area contributed by atoms with E-state index in [0.29, 0.717) is 6.61 Å². The van der Waals surface area contributed by atoms with E-state index >= 15 is 0 Å². The lowest BCUT2D eigenvalue weighted by Gasteiger charge is -2.01. The average molecular weight is 226 g/mol. The monoisotopic (exact) mass is 226 g/mol. The molecule has 0 saturated heterocycles. The molecular formula is C14H14N2O. The molecule has 0 heterocycles. The van der Waals surface area contributed by atoms with Crippen LogP contribution in [0.25, 0.3) is 0 Å². The van der Waals surface area contributed by atoms with Crippen LogP contribution in [0.2, 0.25) is 0 Å². The lowest BCUT2D eigenvalue weighted by molar-refractivity contribution is 0.0303. The lowest BCUT2D eigenvalue weighted by Crippen LogP contribution is -2.07. The number of nitrogens with one attached hydrogen (secondary N) is 1. The normalized spacial score (nSPS) is 10.6. The van der Waals surface area contributed by atoms with E-state index in [1.54, 1.807) is 6.21 Å². The van der Waals surface area contributed by atoms with Gasteiger partial charge in [-0.25, -0.2) is 0 Å². The van der Waals surface area contributed by atoms with Crippen molar-refractivity contribution in [3.63, 3.8) is 0 Å². The molecule has 3 heteroatoms. The van der Waals surface area contributed by atoms with E-state index in [9.17, 15) is 0 Å². The number of hydrazone groups is 1. The molecule has 0 spiro atoms. The van der Waals surface area contributed by atoms with Crippen LogP contribution in [0.4, 0.5) is 0 Å². The number of rotatable bonds is 5. The van der Waals surface area contributed by atoms with Gasteiger partial charge in [0, 0.05) is 0 Å². The van der Waals surface area contributed by atoms with Gasteiger partial charge in [-0.15, -0.1) is 0 Å². The largest absolute Gasteiger partial charge is 0.254 e. The Hall–Kier alpha value is -2.13. The van der Waals surface area contributed by atoms with Crippen LogP contribution in [-0.4, -0.2) is 6.21 Å². The highest BCUT2D eigenvalue weighted by Gasteiger charge is 1.89. The summed E-state index contributed by atoms with van der Waals surface area (Å²) in [5, 5.41) is 3.96. The lowest BCUT2D eigenvalue weighted by atomic mass is 10.2. The molecule has 0 aliphatic heterocycles. The Balaban J connectivity index is 1.72. The predicted octanol–water partition coefficient (Wildman–Crippen LogP) is 2.74. The Bertz CT molecular complexity index is 454. The van der Waals surface area contributed by atoms with Crippen LogP contribution < -0.4 is 5.59 Å². The molecule has 0 bridgehead atoms. The fourth-order valence-electron chi connectivity index (χ4n) is 1.37. The molecule has 0 fully saturated rings. The van der Waals surface area contributed by atoms with E-state index in [0.717, 1.165) is 11.1 Å². The van der Waals surface area contributed by atoms with Gasteiger partial charge in [0.05, 0.1) is 6.21 Å². The van der Waals surface area contributed by atoms with E-state index < -0.39 is 0 Å². The Morgan fingerprint density at radius 2 is 1.59 bits per heavy atom. The van der Waals surface area contributed by atoms with Crippen LogP contribution in [0, 0.1) is 0 Å². The molecule has 86 valence electrons. The van der Waals surface area contributed by atoms with E-state index in [1.807, 2.05) is 60.7 Å². The topological polar surface area (TPSA) is 33.6 Å². The third-order valence-corrected chi connectivity index (χ3v) is 2.21. The number of nitrogens with zero attached hydrogens (tertiary/aromatic N) is 1. The quantitative estimate of drug-likeness (QED) is 0.483. The van der Waals surface area contributed by atoms with Crippen molar-refractivity contribution in [3.05, 3.63) is 71.8 Å². The van der Waals surface area contributed by atoms with Crippen LogP contribution in [0.5, 0.6) is 0 Å². The Kier molecular flexibility index (Phi) is 4.31. The first-order valence-corrected chi connectivity index (χ1v) is 5.44. The van der Waals surface area contributed by atoms with Gasteiger partial charge >= 0.3 is 0 Å². The molecule has 0 aliphatic carbocycles. The number of benzene rings is 2. The maximum Gasteiger partial charge on any atom is 0.101 e. The zero-order valence-corrected chi connectivity index (χ0v) is 9.41. The molecule has 0 unspecified atom stereocenters. The third-order valence-electron chi connectivity index (χ3n) is 2.21. The van der Waals surface area contributed by atoms with Gasteiger partial charge in [-0.3, -0.25) is 4.84 Å². The average Bonchev–Trinajstić information content (AvgIpc) is 2.41. The van der Waals surface area contributed by atoms with Crippen LogP contribution >= 0.6 is 0 Å². The molecule has 0 aliphatic rings. The summed E-state index contributed by atoms with van der Waals surface area (Å²) < 4.78 is 0. The molecule has 0 saturated carbocycles. The van der Waals surface area contributed by atoms with Gasteiger partial charge in [0.15, 0.2) is 0 Å². The van der Waals surface area contributed by atoms with Crippen LogP contribution in [-0.2, 0) is 11.4 Å². The van der Waals surface area contributed by atoms with Gasteiger partial charge in [0.1, 0.15) is 6.61 Å². The van der Waals surface area contributed by atoms with Crippen molar-refractivity contribution >= 4 is 6.21 Å². The highest BCUT2D eigenvalue weighted by atomic mass is 16.7. The molecule has 0 radical (unpaired) electrons. The predicted molar refractivity (Wildman–Crippen MR) is 68.4 cm³/mol. The van der Waals surface area contributed by atoms with Crippen molar-refractivity contribution in [2.75, 3.05) is 0 Å². The molecule has 0 amide bonds. The van der Waals surface area contributed by atoms with Crippen molar-refractivity contribution in [2.45, 2.75) is 6.61 Å². The van der Waals surface area contributed by atoms with Gasteiger partial charge < -0.3 is 0 Å². The highest BCUT2D eigenvalue weighted by molar-refractivity contribution is 5.79. The molecule has 2 aromatic rings. The molecule has 1 N–H and O–H groups in total. The molecular weight excluding hydrogens is 212 g/mol. The zero-order chi connectivity index (χ0) is 11.8. The van der Waals surface area contributed by atoms with Gasteiger partial charge in [-0.05, 0) is 11.1 Å². The molecule has 2 aromatic carbocycles. The summed E-state index contributed by atoms with van der Waals surface area (Å²) in [6.45, 7) is 0.493. The van der Waals surface area contributed by atoms with Gasteiger partial charge in [-0.1, -0.05) is 60.7 Å². The van der Waals surface area contributed by atoms with Crippen LogP contribution in [0.3, 0.4) is 0 Å². The fourth-order valence-corrected chi connectivity index (χ4v) is 1.37. The summed E-state index contributed by atoms with van der Waals surface area (Å²) in [4.78, 5) is 5.19. The van der Waals surface area contributed by atoms with Crippen LogP contribution in [0.15, 0.2) is 65.8 Å². The van der Waals surface area contributed by atoms with E-state index in [4.69, 9.17) is 4.84 Å². The summed E-state index contributed by atoms with van der Waals surface area (Å²) in [5.41, 5.74) is 4.69. The summed E-state index contributed by atoms with van der Waals surface area (Å²) in [7, 11) is 0. The van der Waals surface area contributed by atoms with E-state index in [1.165, 1.54) is 0 Å². The van der Waals surface area contributed by atoms with Gasteiger partial charge in [0.25, 0.3) is 0 Å². The van der Waals surface area contributed by atoms with Crippen LogP contribution in [0.1, 0.15) is 11.1 Å². The van der Waals surface area contributed by atoms with E-state index in [2.05, 4.69) is 10.7 Å². The first-order valence-electron chi connectivity index (χ1n) is 5.44. The SMILES string of the molecule is C(=N\NOCc1ccccc1)/c1ccccc1. The number of hydrogen-bond donors (Lipinski definition) is 1.